The lowest BCUT2D eigenvalue weighted by molar-refractivity contribution is -0.105. The summed E-state index contributed by atoms with van der Waals surface area (Å²) < 4.78 is 0. The summed E-state index contributed by atoms with van der Waals surface area (Å²) in [5.41, 5.74) is 1.66. The van der Waals surface area contributed by atoms with Crippen molar-refractivity contribution in [3.05, 3.63) is 35.8 Å². The van der Waals surface area contributed by atoms with Crippen molar-refractivity contribution in [2.24, 2.45) is 0 Å². The van der Waals surface area contributed by atoms with Gasteiger partial charge in [0.1, 0.15) is 0 Å². The monoisotopic (exact) mass is 219 g/mol. The van der Waals surface area contributed by atoms with Crippen LogP contribution in [0, 0.1) is 0 Å². The quantitative estimate of drug-likeness (QED) is 0.776. The second-order valence-electron chi connectivity index (χ2n) is 2.81. The van der Waals surface area contributed by atoms with E-state index in [0.29, 0.717) is 6.41 Å². The summed E-state index contributed by atoms with van der Waals surface area (Å²) in [6, 6.07) is 7.44. The number of anilines is 3. The van der Waals surface area contributed by atoms with Crippen LogP contribution in [0.3, 0.4) is 0 Å². The molecule has 0 unspecified atom stereocenters. The molecule has 15 heavy (non-hydrogen) atoms. The highest BCUT2D eigenvalue weighted by molar-refractivity contribution is 7.13. The van der Waals surface area contributed by atoms with Gasteiger partial charge in [-0.3, -0.25) is 4.79 Å². The van der Waals surface area contributed by atoms with E-state index in [1.807, 2.05) is 29.6 Å². The van der Waals surface area contributed by atoms with Crippen LogP contribution in [0.5, 0.6) is 0 Å². The number of benzene rings is 1. The summed E-state index contributed by atoms with van der Waals surface area (Å²) in [5.74, 6) is 0. The summed E-state index contributed by atoms with van der Waals surface area (Å²) >= 11 is 1.52. The highest BCUT2D eigenvalue weighted by Crippen LogP contribution is 2.20. The molecule has 1 aromatic carbocycles. The van der Waals surface area contributed by atoms with Gasteiger partial charge in [-0.2, -0.15) is 0 Å². The second-order valence-corrected chi connectivity index (χ2v) is 3.70. The maximum atomic E-state index is 10.3. The molecule has 0 fully saturated rings. The van der Waals surface area contributed by atoms with Gasteiger partial charge in [-0.15, -0.1) is 11.3 Å². The Morgan fingerprint density at radius 1 is 1.33 bits per heavy atom. The summed E-state index contributed by atoms with van der Waals surface area (Å²) in [6.07, 6.45) is 2.39. The summed E-state index contributed by atoms with van der Waals surface area (Å²) in [6.45, 7) is 0. The Morgan fingerprint density at radius 2 is 2.20 bits per heavy atom. The Bertz CT molecular complexity index is 442. The van der Waals surface area contributed by atoms with E-state index >= 15 is 0 Å². The highest BCUT2D eigenvalue weighted by atomic mass is 32.1. The van der Waals surface area contributed by atoms with E-state index < -0.39 is 0 Å². The molecule has 0 aliphatic carbocycles. The maximum Gasteiger partial charge on any atom is 0.211 e. The van der Waals surface area contributed by atoms with E-state index in [9.17, 15) is 4.79 Å². The third-order valence-electron chi connectivity index (χ3n) is 1.77. The van der Waals surface area contributed by atoms with Crippen molar-refractivity contribution < 1.29 is 4.79 Å². The van der Waals surface area contributed by atoms with E-state index in [1.54, 1.807) is 6.20 Å². The minimum Gasteiger partial charge on any atom is -0.331 e. The molecular weight excluding hydrogens is 210 g/mol. The van der Waals surface area contributed by atoms with Crippen molar-refractivity contribution in [1.29, 1.82) is 0 Å². The van der Waals surface area contributed by atoms with E-state index in [1.165, 1.54) is 11.3 Å². The lowest BCUT2D eigenvalue weighted by atomic mass is 10.3. The zero-order valence-corrected chi connectivity index (χ0v) is 8.62. The lowest BCUT2D eigenvalue weighted by Gasteiger charge is -2.04. The third kappa shape index (κ3) is 2.54. The molecule has 2 rings (SSSR count). The molecule has 0 saturated heterocycles. The fourth-order valence-corrected chi connectivity index (χ4v) is 1.71. The average molecular weight is 219 g/mol. The summed E-state index contributed by atoms with van der Waals surface area (Å²) in [5, 5.41) is 8.45. The maximum absolute atomic E-state index is 10.3. The van der Waals surface area contributed by atoms with Crippen LogP contribution in [0.25, 0.3) is 0 Å². The largest absolute Gasteiger partial charge is 0.331 e. The Kier molecular flexibility index (Phi) is 2.94. The van der Waals surface area contributed by atoms with Crippen molar-refractivity contribution in [2.75, 3.05) is 10.6 Å². The number of nitrogens with zero attached hydrogens (tertiary/aromatic N) is 1. The number of amides is 1. The van der Waals surface area contributed by atoms with E-state index in [4.69, 9.17) is 0 Å². The molecule has 0 radical (unpaired) electrons. The minimum absolute atomic E-state index is 0.655. The van der Waals surface area contributed by atoms with E-state index in [-0.39, 0.29) is 0 Å². The molecule has 0 saturated carbocycles. The van der Waals surface area contributed by atoms with Crippen LogP contribution >= 0.6 is 11.3 Å². The molecule has 0 aliphatic rings. The molecule has 2 aromatic rings. The first-order chi connectivity index (χ1) is 7.38. The zero-order chi connectivity index (χ0) is 10.5. The Hall–Kier alpha value is -1.88. The van der Waals surface area contributed by atoms with Crippen LogP contribution in [-0.2, 0) is 4.79 Å². The molecule has 1 amide bonds. The number of thiazole rings is 1. The molecule has 5 heteroatoms. The van der Waals surface area contributed by atoms with Crippen LogP contribution in [-0.4, -0.2) is 11.4 Å². The number of nitrogens with one attached hydrogen (secondary N) is 2. The normalized spacial score (nSPS) is 9.60. The van der Waals surface area contributed by atoms with E-state index in [0.717, 1.165) is 16.5 Å². The van der Waals surface area contributed by atoms with Crippen LogP contribution in [0.2, 0.25) is 0 Å². The van der Waals surface area contributed by atoms with Gasteiger partial charge in [0.15, 0.2) is 5.13 Å². The molecule has 76 valence electrons. The van der Waals surface area contributed by atoms with Gasteiger partial charge in [0.2, 0.25) is 6.41 Å². The average Bonchev–Trinajstić information content (AvgIpc) is 2.71. The first-order valence-electron chi connectivity index (χ1n) is 4.35. The standard InChI is InChI=1S/C10H9N3OS/c14-7-12-8-2-1-3-9(6-8)13-10-11-4-5-15-10/h1-7H,(H,11,13)(H,12,14). The van der Waals surface area contributed by atoms with E-state index in [2.05, 4.69) is 15.6 Å². The first kappa shape index (κ1) is 9.67. The fraction of sp³-hybridized carbons (Fsp3) is 0. The smallest absolute Gasteiger partial charge is 0.211 e. The molecular formula is C10H9N3OS. The van der Waals surface area contributed by atoms with Crippen LogP contribution < -0.4 is 10.6 Å². The molecule has 0 spiro atoms. The van der Waals surface area contributed by atoms with Crippen molar-refractivity contribution in [2.45, 2.75) is 0 Å². The SMILES string of the molecule is O=CNc1cccc(Nc2nccs2)c1. The molecule has 0 aliphatic heterocycles. The molecule has 1 aromatic heterocycles. The molecule has 0 bridgehead atoms. The van der Waals surface area contributed by atoms with Gasteiger partial charge in [-0.25, -0.2) is 4.98 Å². The Morgan fingerprint density at radius 3 is 2.93 bits per heavy atom. The molecule has 2 N–H and O–H groups in total. The number of aromatic nitrogens is 1. The minimum atomic E-state index is 0.655. The van der Waals surface area contributed by atoms with Gasteiger partial charge in [0.05, 0.1) is 0 Å². The fourth-order valence-electron chi connectivity index (χ4n) is 1.16. The number of carbonyl (C=O) groups is 1. The molecule has 1 heterocycles. The van der Waals surface area contributed by atoms with Gasteiger partial charge < -0.3 is 10.6 Å². The van der Waals surface area contributed by atoms with Gasteiger partial charge >= 0.3 is 0 Å². The number of rotatable bonds is 4. The van der Waals surface area contributed by atoms with Crippen LogP contribution in [0.15, 0.2) is 35.8 Å². The highest BCUT2D eigenvalue weighted by Gasteiger charge is 1.97. The van der Waals surface area contributed by atoms with Crippen molar-refractivity contribution >= 4 is 34.3 Å². The predicted octanol–water partition coefficient (Wildman–Crippen LogP) is 2.46. The van der Waals surface area contributed by atoms with Gasteiger partial charge in [0, 0.05) is 23.0 Å². The van der Waals surface area contributed by atoms with Crippen molar-refractivity contribution in [1.82, 2.24) is 4.98 Å². The first-order valence-corrected chi connectivity index (χ1v) is 5.23. The number of hydrogen-bond donors (Lipinski definition) is 2. The zero-order valence-electron chi connectivity index (χ0n) is 7.81. The Balaban J connectivity index is 2.14. The van der Waals surface area contributed by atoms with Gasteiger partial charge in [-0.1, -0.05) is 6.07 Å². The summed E-state index contributed by atoms with van der Waals surface area (Å²) in [7, 11) is 0. The number of carbonyl (C=O) groups excluding carboxylic acids is 1. The predicted molar refractivity (Wildman–Crippen MR) is 61.5 cm³/mol. The van der Waals surface area contributed by atoms with Crippen molar-refractivity contribution in [3.8, 4) is 0 Å². The van der Waals surface area contributed by atoms with Crippen LogP contribution in [0.4, 0.5) is 16.5 Å². The van der Waals surface area contributed by atoms with Crippen LogP contribution in [0.1, 0.15) is 0 Å². The van der Waals surface area contributed by atoms with Gasteiger partial charge in [-0.05, 0) is 18.2 Å². The third-order valence-corrected chi connectivity index (χ3v) is 2.46. The lowest BCUT2D eigenvalue weighted by Crippen LogP contribution is -1.95. The van der Waals surface area contributed by atoms with Crippen molar-refractivity contribution in [3.63, 3.8) is 0 Å². The topological polar surface area (TPSA) is 54.0 Å². The number of hydrogen-bond acceptors (Lipinski definition) is 4. The molecule has 0 atom stereocenters. The Labute approximate surface area is 91.0 Å². The second kappa shape index (κ2) is 4.56. The molecule has 4 nitrogen and oxygen atoms in total. The van der Waals surface area contributed by atoms with Gasteiger partial charge in [0.25, 0.3) is 0 Å². The summed E-state index contributed by atoms with van der Waals surface area (Å²) in [4.78, 5) is 14.4.